The molecule has 1 unspecified atom stereocenters. The van der Waals surface area contributed by atoms with Crippen molar-refractivity contribution in [2.24, 2.45) is 0 Å². The van der Waals surface area contributed by atoms with Crippen LogP contribution in [0, 0.1) is 12.7 Å². The molecule has 0 aliphatic carbocycles. The number of hydrogen-bond donors (Lipinski definition) is 1. The Morgan fingerprint density at radius 1 is 1.09 bits per heavy atom. The lowest BCUT2D eigenvalue weighted by atomic mass is 10.1. The minimum absolute atomic E-state index is 0.0100. The van der Waals surface area contributed by atoms with E-state index < -0.39 is 21.9 Å². The summed E-state index contributed by atoms with van der Waals surface area (Å²) in [4.78, 5) is 26.8. The van der Waals surface area contributed by atoms with Gasteiger partial charge in [0.25, 0.3) is 0 Å². The molecule has 0 aliphatic heterocycles. The minimum Gasteiger partial charge on any atom is -0.355 e. The van der Waals surface area contributed by atoms with Crippen LogP contribution in [0.2, 0.25) is 0 Å². The molecule has 2 rings (SSSR count). The predicted octanol–water partition coefficient (Wildman–Crippen LogP) is 3.23. The predicted molar refractivity (Wildman–Crippen MR) is 128 cm³/mol. The van der Waals surface area contributed by atoms with E-state index >= 15 is 0 Å². The van der Waals surface area contributed by atoms with Gasteiger partial charge in [-0.15, -0.1) is 0 Å². The van der Waals surface area contributed by atoms with Gasteiger partial charge in [0.2, 0.25) is 21.8 Å². The van der Waals surface area contributed by atoms with Gasteiger partial charge in [0.15, 0.2) is 0 Å². The number of carbonyl (C=O) groups is 2. The van der Waals surface area contributed by atoms with Gasteiger partial charge in [-0.25, -0.2) is 12.8 Å². The smallest absolute Gasteiger partial charge is 0.242 e. The zero-order chi connectivity index (χ0) is 24.6. The molecule has 0 bridgehead atoms. The van der Waals surface area contributed by atoms with Gasteiger partial charge < -0.3 is 10.2 Å². The number of carbonyl (C=O) groups excluding carboxylic acids is 2. The molecule has 0 saturated carbocycles. The van der Waals surface area contributed by atoms with Gasteiger partial charge in [0.05, 0.1) is 11.9 Å². The molecule has 2 aromatic rings. The van der Waals surface area contributed by atoms with Gasteiger partial charge >= 0.3 is 0 Å². The van der Waals surface area contributed by atoms with Gasteiger partial charge in [-0.05, 0) is 44.9 Å². The largest absolute Gasteiger partial charge is 0.355 e. The quantitative estimate of drug-likeness (QED) is 0.538. The fourth-order valence-corrected chi connectivity index (χ4v) is 4.56. The maximum absolute atomic E-state index is 14.2. The molecule has 0 radical (unpaired) electrons. The summed E-state index contributed by atoms with van der Waals surface area (Å²) in [6, 6.07) is 12.4. The Hall–Kier alpha value is -2.94. The molecule has 180 valence electrons. The highest BCUT2D eigenvalue weighted by molar-refractivity contribution is 7.92. The van der Waals surface area contributed by atoms with Crippen molar-refractivity contribution < 1.29 is 22.4 Å². The monoisotopic (exact) mass is 477 g/mol. The molecule has 7 nitrogen and oxygen atoms in total. The molecule has 2 amide bonds. The van der Waals surface area contributed by atoms with Crippen LogP contribution in [0.1, 0.15) is 37.8 Å². The van der Waals surface area contributed by atoms with Crippen molar-refractivity contribution in [1.29, 1.82) is 0 Å². The Labute approximate surface area is 195 Å². The van der Waals surface area contributed by atoms with E-state index in [1.165, 1.54) is 15.3 Å². The second kappa shape index (κ2) is 11.8. The van der Waals surface area contributed by atoms with Crippen molar-refractivity contribution in [3.63, 3.8) is 0 Å². The van der Waals surface area contributed by atoms with E-state index in [-0.39, 0.29) is 37.7 Å². The van der Waals surface area contributed by atoms with Crippen LogP contribution in [0.4, 0.5) is 10.1 Å². The number of rotatable bonds is 11. The van der Waals surface area contributed by atoms with Crippen LogP contribution >= 0.6 is 0 Å². The van der Waals surface area contributed by atoms with Crippen LogP contribution < -0.4 is 9.62 Å². The van der Waals surface area contributed by atoms with Crippen molar-refractivity contribution in [2.75, 3.05) is 23.7 Å². The molecule has 9 heteroatoms. The molecule has 1 atom stereocenters. The number of likely N-dealkylation sites (N-methyl/N-ethyl adjacent to an activating group) is 1. The lowest BCUT2D eigenvalue weighted by molar-refractivity contribution is -0.140. The zero-order valence-corrected chi connectivity index (χ0v) is 20.4. The van der Waals surface area contributed by atoms with E-state index in [1.54, 1.807) is 44.2 Å². The van der Waals surface area contributed by atoms with Crippen LogP contribution in [-0.2, 0) is 26.2 Å². The maximum atomic E-state index is 14.2. The first-order valence-electron chi connectivity index (χ1n) is 10.9. The number of benzene rings is 2. The number of para-hydroxylation sites is 1. The molecule has 33 heavy (non-hydrogen) atoms. The van der Waals surface area contributed by atoms with Crippen LogP contribution in [0.25, 0.3) is 0 Å². The summed E-state index contributed by atoms with van der Waals surface area (Å²) in [5, 5.41) is 2.69. The lowest BCUT2D eigenvalue weighted by Gasteiger charge is -2.29. The van der Waals surface area contributed by atoms with Crippen LogP contribution in [0.15, 0.2) is 48.5 Å². The van der Waals surface area contributed by atoms with Crippen molar-refractivity contribution in [3.8, 4) is 0 Å². The van der Waals surface area contributed by atoms with E-state index in [1.807, 2.05) is 19.1 Å². The first-order chi connectivity index (χ1) is 15.6. The third kappa shape index (κ3) is 7.28. The zero-order valence-electron chi connectivity index (χ0n) is 19.5. The Balaban J connectivity index is 2.18. The Morgan fingerprint density at radius 3 is 2.33 bits per heavy atom. The van der Waals surface area contributed by atoms with Gasteiger partial charge in [-0.2, -0.15) is 0 Å². The average molecular weight is 478 g/mol. The summed E-state index contributed by atoms with van der Waals surface area (Å²) >= 11 is 0. The molecule has 1 N–H and O–H groups in total. The van der Waals surface area contributed by atoms with E-state index in [0.29, 0.717) is 17.8 Å². The summed E-state index contributed by atoms with van der Waals surface area (Å²) in [7, 11) is -3.56. The van der Waals surface area contributed by atoms with Crippen LogP contribution in [-0.4, -0.2) is 50.5 Å². The Bertz CT molecular complexity index is 1070. The van der Waals surface area contributed by atoms with Gasteiger partial charge in [0.1, 0.15) is 11.9 Å². The molecule has 0 spiro atoms. The highest BCUT2D eigenvalue weighted by Gasteiger charge is 2.27. The van der Waals surface area contributed by atoms with Crippen molar-refractivity contribution in [2.45, 2.75) is 46.2 Å². The van der Waals surface area contributed by atoms with Gasteiger partial charge in [-0.1, -0.05) is 36.4 Å². The third-order valence-corrected chi connectivity index (χ3v) is 6.53. The Kier molecular flexibility index (Phi) is 9.40. The van der Waals surface area contributed by atoms with Crippen LogP contribution in [0.5, 0.6) is 0 Å². The van der Waals surface area contributed by atoms with Gasteiger partial charge in [-0.3, -0.25) is 13.9 Å². The first kappa shape index (κ1) is 26.3. The fraction of sp³-hybridized carbons (Fsp3) is 0.417. The van der Waals surface area contributed by atoms with Crippen LogP contribution in [0.3, 0.4) is 0 Å². The average Bonchev–Trinajstić information content (AvgIpc) is 2.75. The topological polar surface area (TPSA) is 86.8 Å². The van der Waals surface area contributed by atoms with Crippen molar-refractivity contribution in [3.05, 3.63) is 65.5 Å². The molecular weight excluding hydrogens is 445 g/mol. The lowest BCUT2D eigenvalue weighted by Crippen LogP contribution is -2.47. The number of aryl methyl sites for hydroxylation is 1. The summed E-state index contributed by atoms with van der Waals surface area (Å²) in [5.74, 6) is -1.14. The number of sulfonamides is 1. The minimum atomic E-state index is -3.56. The summed E-state index contributed by atoms with van der Waals surface area (Å²) in [6.07, 6.45) is 1.38. The number of anilines is 1. The highest BCUT2D eigenvalue weighted by Crippen LogP contribution is 2.23. The molecule has 0 heterocycles. The molecule has 0 fully saturated rings. The summed E-state index contributed by atoms with van der Waals surface area (Å²) < 4.78 is 40.3. The van der Waals surface area contributed by atoms with Crippen molar-refractivity contribution in [1.82, 2.24) is 10.2 Å². The molecule has 0 saturated heterocycles. The van der Waals surface area contributed by atoms with E-state index in [4.69, 9.17) is 0 Å². The van der Waals surface area contributed by atoms with Crippen molar-refractivity contribution >= 4 is 27.5 Å². The second-order valence-corrected chi connectivity index (χ2v) is 9.82. The Morgan fingerprint density at radius 2 is 1.73 bits per heavy atom. The third-order valence-electron chi connectivity index (χ3n) is 5.35. The standard InChI is InChI=1S/C24H32FN3O4S/c1-5-26-24(30)19(3)27(17-20-12-7-8-13-21(20)25)23(29)15-10-16-28(33(4,31)32)22-14-9-6-11-18(22)2/h6-9,11-14,19H,5,10,15-17H2,1-4H3,(H,26,30). The summed E-state index contributed by atoms with van der Waals surface area (Å²) in [5.41, 5.74) is 1.67. The highest BCUT2D eigenvalue weighted by atomic mass is 32.2. The van der Waals surface area contributed by atoms with E-state index in [0.717, 1.165) is 11.8 Å². The second-order valence-electron chi connectivity index (χ2n) is 7.91. The maximum Gasteiger partial charge on any atom is 0.242 e. The number of hydrogen-bond acceptors (Lipinski definition) is 4. The van der Waals surface area contributed by atoms with E-state index in [2.05, 4.69) is 5.32 Å². The SMILES string of the molecule is CCNC(=O)C(C)N(Cc1ccccc1F)C(=O)CCCN(c1ccccc1C)S(C)(=O)=O. The molecule has 0 aliphatic rings. The molecule has 2 aromatic carbocycles. The van der Waals surface area contributed by atoms with Gasteiger partial charge in [0, 0.05) is 31.6 Å². The fourth-order valence-electron chi connectivity index (χ4n) is 3.54. The number of halogens is 1. The summed E-state index contributed by atoms with van der Waals surface area (Å²) in [6.45, 7) is 5.65. The molecule has 0 aromatic heterocycles. The number of nitrogens with zero attached hydrogens (tertiary/aromatic N) is 2. The molecular formula is C24H32FN3O4S. The normalized spacial score (nSPS) is 12.2. The first-order valence-corrected chi connectivity index (χ1v) is 12.7. The number of nitrogens with one attached hydrogen (secondary N) is 1. The number of amides is 2. The van der Waals surface area contributed by atoms with E-state index in [9.17, 15) is 22.4 Å².